The van der Waals surface area contributed by atoms with Crippen molar-refractivity contribution in [2.45, 2.75) is 72.5 Å². The van der Waals surface area contributed by atoms with E-state index in [1.54, 1.807) is 6.92 Å². The maximum atomic E-state index is 11.2. The van der Waals surface area contributed by atoms with Crippen LogP contribution in [0.15, 0.2) is 0 Å². The van der Waals surface area contributed by atoms with Crippen LogP contribution in [0.2, 0.25) is 0 Å². The molecule has 1 rings (SSSR count). The van der Waals surface area contributed by atoms with Gasteiger partial charge in [-0.25, -0.2) is 0 Å². The summed E-state index contributed by atoms with van der Waals surface area (Å²) in [7, 11) is 0. The molecule has 0 spiro atoms. The fraction of sp³-hybridized carbons (Fsp3) is 0.875. The predicted octanol–water partition coefficient (Wildman–Crippen LogP) is 4.71. The van der Waals surface area contributed by atoms with Crippen molar-refractivity contribution >= 4 is 22.7 Å². The molecule has 0 radical (unpaired) electrons. The van der Waals surface area contributed by atoms with Gasteiger partial charge in [-0.1, -0.05) is 32.0 Å². The number of rotatable bonds is 2. The number of carbonyl (C=O) groups is 2. The Kier molecular flexibility index (Phi) is 7.95. The van der Waals surface area contributed by atoms with E-state index < -0.39 is 0 Å². The van der Waals surface area contributed by atoms with Gasteiger partial charge in [-0.15, -0.1) is 0 Å². The number of thioether (sulfide) groups is 1. The molecule has 1 fully saturated rings. The lowest BCUT2D eigenvalue weighted by Crippen LogP contribution is -2.34. The maximum Gasteiger partial charge on any atom is 0.186 e. The Morgan fingerprint density at radius 3 is 1.84 bits per heavy atom. The summed E-state index contributed by atoms with van der Waals surface area (Å²) < 4.78 is 0.125. The molecular formula is C16H30O2S. The van der Waals surface area contributed by atoms with Gasteiger partial charge in [0.15, 0.2) is 5.12 Å². The van der Waals surface area contributed by atoms with Gasteiger partial charge in [-0.3, -0.25) is 4.79 Å². The zero-order valence-corrected chi connectivity index (χ0v) is 14.4. The topological polar surface area (TPSA) is 34.1 Å². The van der Waals surface area contributed by atoms with Crippen molar-refractivity contribution in [3.05, 3.63) is 0 Å². The highest BCUT2D eigenvalue weighted by atomic mass is 32.2. The van der Waals surface area contributed by atoms with Crippen LogP contribution < -0.4 is 0 Å². The highest BCUT2D eigenvalue weighted by Crippen LogP contribution is 2.44. The lowest BCUT2D eigenvalue weighted by molar-refractivity contribution is -0.115. The summed E-state index contributed by atoms with van der Waals surface area (Å²) in [4.78, 5) is 20.7. The summed E-state index contributed by atoms with van der Waals surface area (Å²) in [6.07, 6.45) is 3.90. The van der Waals surface area contributed by atoms with Gasteiger partial charge >= 0.3 is 0 Å². The summed E-state index contributed by atoms with van der Waals surface area (Å²) >= 11 is 1.53. The van der Waals surface area contributed by atoms with E-state index in [2.05, 4.69) is 27.7 Å². The number of hydrogen-bond donors (Lipinski definition) is 0. The smallest absolute Gasteiger partial charge is 0.186 e. The molecule has 0 aromatic heterocycles. The quantitative estimate of drug-likeness (QED) is 0.737. The molecule has 0 N–H and O–H groups in total. The lowest BCUT2D eigenvalue weighted by Gasteiger charge is -2.40. The first-order valence-electron chi connectivity index (χ1n) is 7.23. The Labute approximate surface area is 123 Å². The molecule has 3 heteroatoms. The van der Waals surface area contributed by atoms with Crippen LogP contribution in [0.4, 0.5) is 0 Å². The second-order valence-corrected chi connectivity index (χ2v) is 8.40. The van der Waals surface area contributed by atoms with E-state index in [1.807, 2.05) is 0 Å². The second kappa shape index (κ2) is 8.08. The van der Waals surface area contributed by atoms with Crippen LogP contribution >= 0.6 is 11.8 Å². The highest BCUT2D eigenvalue weighted by Gasteiger charge is 2.36. The molecule has 3 atom stereocenters. The molecule has 0 aromatic rings. The molecule has 19 heavy (non-hydrogen) atoms. The van der Waals surface area contributed by atoms with E-state index in [9.17, 15) is 9.59 Å². The Morgan fingerprint density at radius 1 is 1.00 bits per heavy atom. The van der Waals surface area contributed by atoms with E-state index in [4.69, 9.17) is 0 Å². The standard InChI is InChI=1S/C13H24OS.C3H6O/c1-9-6-7-12(8-10(9)2)13(4,5)15-11(3)14;1-3(2)4/h9-10,12H,6-8H2,1-5H3;1-2H3/t9?,10-,12?;/m0./s1. The summed E-state index contributed by atoms with van der Waals surface area (Å²) in [5, 5.41) is 0.256. The zero-order valence-electron chi connectivity index (χ0n) is 13.6. The number of ketones is 1. The van der Waals surface area contributed by atoms with Gasteiger partial charge < -0.3 is 4.79 Å². The van der Waals surface area contributed by atoms with Crippen LogP contribution in [0.3, 0.4) is 0 Å². The molecular weight excluding hydrogens is 256 g/mol. The van der Waals surface area contributed by atoms with Crippen LogP contribution in [-0.4, -0.2) is 15.6 Å². The van der Waals surface area contributed by atoms with Crippen molar-refractivity contribution in [3.8, 4) is 0 Å². The molecule has 0 aliphatic heterocycles. The summed E-state index contributed by atoms with van der Waals surface area (Å²) in [5.41, 5.74) is 0. The Hall–Kier alpha value is -0.310. The molecule has 1 aliphatic rings. The average molecular weight is 286 g/mol. The van der Waals surface area contributed by atoms with Gasteiger partial charge in [-0.05, 0) is 58.3 Å². The summed E-state index contributed by atoms with van der Waals surface area (Å²) in [6, 6.07) is 0. The van der Waals surface area contributed by atoms with E-state index in [-0.39, 0.29) is 15.6 Å². The first-order valence-corrected chi connectivity index (χ1v) is 8.04. The molecule has 0 aromatic carbocycles. The normalized spacial score (nSPS) is 27.2. The summed E-state index contributed by atoms with van der Waals surface area (Å²) in [5.74, 6) is 2.55. The van der Waals surface area contributed by atoms with Gasteiger partial charge in [0.2, 0.25) is 0 Å². The third kappa shape index (κ3) is 7.76. The number of carbonyl (C=O) groups excluding carboxylic acids is 2. The predicted molar refractivity (Wildman–Crippen MR) is 84.4 cm³/mol. The average Bonchev–Trinajstić information content (AvgIpc) is 2.19. The van der Waals surface area contributed by atoms with Gasteiger partial charge in [-0.2, -0.15) is 0 Å². The minimum Gasteiger partial charge on any atom is -0.300 e. The number of hydrogen-bond acceptors (Lipinski definition) is 3. The van der Waals surface area contributed by atoms with Crippen molar-refractivity contribution in [3.63, 3.8) is 0 Å². The maximum absolute atomic E-state index is 11.2. The minimum absolute atomic E-state index is 0.125. The molecule has 1 aliphatic carbocycles. The third-order valence-electron chi connectivity index (χ3n) is 3.99. The van der Waals surface area contributed by atoms with Gasteiger partial charge in [0.25, 0.3) is 0 Å². The van der Waals surface area contributed by atoms with E-state index in [1.165, 1.54) is 44.9 Å². The van der Waals surface area contributed by atoms with Crippen molar-refractivity contribution in [2.24, 2.45) is 17.8 Å². The Bertz CT molecular complexity index is 306. The van der Waals surface area contributed by atoms with Gasteiger partial charge in [0.05, 0.1) is 0 Å². The molecule has 0 bridgehead atoms. The SMILES string of the molecule is CC(=O)SC(C)(C)C1CCC(C)[C@@H](C)C1.CC(C)=O. The zero-order chi connectivity index (χ0) is 15.2. The van der Waals surface area contributed by atoms with E-state index in [0.29, 0.717) is 5.92 Å². The van der Waals surface area contributed by atoms with Gasteiger partial charge in [0, 0.05) is 11.7 Å². The fourth-order valence-corrected chi connectivity index (χ4v) is 3.75. The van der Waals surface area contributed by atoms with Crippen LogP contribution in [0, 0.1) is 17.8 Å². The molecule has 112 valence electrons. The van der Waals surface area contributed by atoms with Crippen molar-refractivity contribution in [1.82, 2.24) is 0 Å². The van der Waals surface area contributed by atoms with Crippen molar-refractivity contribution < 1.29 is 9.59 Å². The third-order valence-corrected chi connectivity index (χ3v) is 5.14. The van der Waals surface area contributed by atoms with Crippen molar-refractivity contribution in [1.29, 1.82) is 0 Å². The fourth-order valence-electron chi connectivity index (χ4n) is 2.63. The second-order valence-electron chi connectivity index (χ2n) is 6.57. The Balaban J connectivity index is 0.000000711. The summed E-state index contributed by atoms with van der Waals surface area (Å²) in [6.45, 7) is 13.9. The minimum atomic E-state index is 0.125. The van der Waals surface area contributed by atoms with Crippen LogP contribution in [0.1, 0.15) is 67.7 Å². The monoisotopic (exact) mass is 286 g/mol. The van der Waals surface area contributed by atoms with Gasteiger partial charge in [0.1, 0.15) is 5.78 Å². The van der Waals surface area contributed by atoms with Crippen LogP contribution in [-0.2, 0) is 9.59 Å². The van der Waals surface area contributed by atoms with Crippen LogP contribution in [0.5, 0.6) is 0 Å². The molecule has 1 saturated carbocycles. The van der Waals surface area contributed by atoms with E-state index in [0.717, 1.165) is 11.8 Å². The van der Waals surface area contributed by atoms with E-state index >= 15 is 0 Å². The molecule has 0 amide bonds. The molecule has 2 nitrogen and oxygen atoms in total. The highest BCUT2D eigenvalue weighted by molar-refractivity contribution is 8.14. The first kappa shape index (κ1) is 18.7. The largest absolute Gasteiger partial charge is 0.300 e. The molecule has 2 unspecified atom stereocenters. The van der Waals surface area contributed by atoms with Crippen LogP contribution in [0.25, 0.3) is 0 Å². The first-order chi connectivity index (χ1) is 8.56. The lowest BCUT2D eigenvalue weighted by atomic mass is 9.72. The Morgan fingerprint density at radius 2 is 1.47 bits per heavy atom. The molecule has 0 saturated heterocycles. The molecule has 0 heterocycles. The number of Topliss-reactive ketones (excluding diaryl/α,β-unsaturated/α-hetero) is 1. The van der Waals surface area contributed by atoms with Crippen molar-refractivity contribution in [2.75, 3.05) is 0 Å².